The maximum atomic E-state index is 12.0. The summed E-state index contributed by atoms with van der Waals surface area (Å²) in [4.78, 5) is 31.3. The molecule has 0 bridgehead atoms. The van der Waals surface area contributed by atoms with Gasteiger partial charge in [-0.2, -0.15) is 4.99 Å². The SMILES string of the molecule is O=CN1CCN(C2=NC(=O)C(=Cc3ccccc3)S2)CC1. The molecule has 3 rings (SSSR count). The molecule has 108 valence electrons. The van der Waals surface area contributed by atoms with Crippen molar-refractivity contribution >= 4 is 35.3 Å². The Labute approximate surface area is 127 Å². The Morgan fingerprint density at radius 3 is 2.48 bits per heavy atom. The number of amidine groups is 1. The number of hydrogen-bond acceptors (Lipinski definition) is 4. The zero-order valence-electron chi connectivity index (χ0n) is 11.4. The summed E-state index contributed by atoms with van der Waals surface area (Å²) in [6.07, 6.45) is 2.73. The van der Waals surface area contributed by atoms with Gasteiger partial charge in [0.15, 0.2) is 5.17 Å². The summed E-state index contributed by atoms with van der Waals surface area (Å²) in [5, 5.41) is 0.743. The van der Waals surface area contributed by atoms with Crippen LogP contribution in [-0.2, 0) is 9.59 Å². The summed E-state index contributed by atoms with van der Waals surface area (Å²) in [7, 11) is 0. The van der Waals surface area contributed by atoms with Crippen molar-refractivity contribution in [2.75, 3.05) is 26.2 Å². The van der Waals surface area contributed by atoms with Crippen LogP contribution in [0.15, 0.2) is 40.2 Å². The fourth-order valence-corrected chi connectivity index (χ4v) is 3.22. The number of carbonyl (C=O) groups is 2. The second-order valence-electron chi connectivity index (χ2n) is 4.85. The Morgan fingerprint density at radius 1 is 1.10 bits per heavy atom. The van der Waals surface area contributed by atoms with E-state index in [0.29, 0.717) is 18.0 Å². The summed E-state index contributed by atoms with van der Waals surface area (Å²) in [6, 6.07) is 9.75. The van der Waals surface area contributed by atoms with Crippen LogP contribution >= 0.6 is 11.8 Å². The molecule has 0 radical (unpaired) electrons. The topological polar surface area (TPSA) is 53.0 Å². The van der Waals surface area contributed by atoms with Crippen LogP contribution in [0, 0.1) is 0 Å². The van der Waals surface area contributed by atoms with Crippen molar-refractivity contribution in [3.63, 3.8) is 0 Å². The molecule has 0 N–H and O–H groups in total. The first-order valence-electron chi connectivity index (χ1n) is 6.78. The number of rotatable bonds is 2. The number of thioether (sulfide) groups is 1. The van der Waals surface area contributed by atoms with Crippen molar-refractivity contribution < 1.29 is 9.59 Å². The Balaban J connectivity index is 1.68. The van der Waals surface area contributed by atoms with Gasteiger partial charge in [0.25, 0.3) is 5.91 Å². The largest absolute Gasteiger partial charge is 0.347 e. The van der Waals surface area contributed by atoms with Crippen molar-refractivity contribution in [2.45, 2.75) is 0 Å². The molecule has 0 unspecified atom stereocenters. The van der Waals surface area contributed by atoms with Crippen LogP contribution in [0.4, 0.5) is 0 Å². The average Bonchev–Trinajstić information content (AvgIpc) is 2.89. The minimum atomic E-state index is -0.184. The lowest BCUT2D eigenvalue weighted by atomic mass is 10.2. The molecule has 1 aromatic rings. The smallest absolute Gasteiger partial charge is 0.286 e. The summed E-state index contributed by atoms with van der Waals surface area (Å²) in [6.45, 7) is 2.79. The maximum Gasteiger partial charge on any atom is 0.286 e. The Hall–Kier alpha value is -2.08. The van der Waals surface area contributed by atoms with Gasteiger partial charge < -0.3 is 9.80 Å². The molecule has 0 aliphatic carbocycles. The lowest BCUT2D eigenvalue weighted by Crippen LogP contribution is -2.47. The molecule has 0 aromatic heterocycles. The third-order valence-corrected chi connectivity index (χ3v) is 4.48. The molecule has 1 saturated heterocycles. The first-order chi connectivity index (χ1) is 10.3. The number of aliphatic imine (C=N–C) groups is 1. The molecule has 1 fully saturated rings. The van der Waals surface area contributed by atoms with Gasteiger partial charge in [0.1, 0.15) is 0 Å². The van der Waals surface area contributed by atoms with Crippen LogP contribution in [0.1, 0.15) is 5.56 Å². The van der Waals surface area contributed by atoms with Crippen LogP contribution in [0.3, 0.4) is 0 Å². The zero-order chi connectivity index (χ0) is 14.7. The highest BCUT2D eigenvalue weighted by molar-refractivity contribution is 8.18. The maximum absolute atomic E-state index is 12.0. The molecule has 0 saturated carbocycles. The standard InChI is InChI=1S/C15H15N3O2S/c19-11-17-6-8-18(9-7-17)15-16-14(20)13(21-15)10-12-4-2-1-3-5-12/h1-5,10-11H,6-9H2. The molecular formula is C15H15N3O2S. The molecule has 6 heteroatoms. The Kier molecular flexibility index (Phi) is 4.06. The average molecular weight is 301 g/mol. The van der Waals surface area contributed by atoms with Gasteiger partial charge in [0.05, 0.1) is 4.91 Å². The zero-order valence-corrected chi connectivity index (χ0v) is 12.3. The molecule has 2 heterocycles. The summed E-state index contributed by atoms with van der Waals surface area (Å²) in [5.41, 5.74) is 0.996. The molecule has 2 amide bonds. The van der Waals surface area contributed by atoms with Gasteiger partial charge in [-0.05, 0) is 23.4 Å². The fraction of sp³-hybridized carbons (Fsp3) is 0.267. The number of piperazine rings is 1. The lowest BCUT2D eigenvalue weighted by Gasteiger charge is -2.33. The number of benzene rings is 1. The number of amides is 2. The van der Waals surface area contributed by atoms with E-state index in [4.69, 9.17) is 0 Å². The van der Waals surface area contributed by atoms with Crippen LogP contribution in [0.25, 0.3) is 6.08 Å². The lowest BCUT2D eigenvalue weighted by molar-refractivity contribution is -0.119. The van der Waals surface area contributed by atoms with Gasteiger partial charge in [-0.1, -0.05) is 30.3 Å². The highest BCUT2D eigenvalue weighted by Gasteiger charge is 2.28. The van der Waals surface area contributed by atoms with Crippen LogP contribution < -0.4 is 0 Å². The monoisotopic (exact) mass is 301 g/mol. The molecule has 0 spiro atoms. The predicted octanol–water partition coefficient (Wildman–Crippen LogP) is 1.43. The van der Waals surface area contributed by atoms with E-state index in [1.165, 1.54) is 11.8 Å². The van der Waals surface area contributed by atoms with Crippen molar-refractivity contribution in [3.8, 4) is 0 Å². The Morgan fingerprint density at radius 2 is 1.81 bits per heavy atom. The molecule has 5 nitrogen and oxygen atoms in total. The fourth-order valence-electron chi connectivity index (χ4n) is 2.25. The van der Waals surface area contributed by atoms with Gasteiger partial charge in [-0.15, -0.1) is 0 Å². The summed E-state index contributed by atoms with van der Waals surface area (Å²) >= 11 is 1.41. The van der Waals surface area contributed by atoms with Crippen molar-refractivity contribution in [2.24, 2.45) is 4.99 Å². The number of nitrogens with zero attached hydrogens (tertiary/aromatic N) is 3. The second kappa shape index (κ2) is 6.13. The second-order valence-corrected chi connectivity index (χ2v) is 5.86. The molecule has 2 aliphatic heterocycles. The molecule has 1 aromatic carbocycles. The van der Waals surface area contributed by atoms with Crippen molar-refractivity contribution in [3.05, 3.63) is 40.8 Å². The minimum absolute atomic E-state index is 0.184. The van der Waals surface area contributed by atoms with Crippen molar-refractivity contribution in [1.82, 2.24) is 9.80 Å². The van der Waals surface area contributed by atoms with E-state index in [-0.39, 0.29) is 5.91 Å². The minimum Gasteiger partial charge on any atom is -0.347 e. The molecular weight excluding hydrogens is 286 g/mol. The van der Waals surface area contributed by atoms with Crippen molar-refractivity contribution in [1.29, 1.82) is 0 Å². The molecule has 0 atom stereocenters. The normalized spacial score (nSPS) is 20.9. The molecule has 2 aliphatic rings. The van der Waals surface area contributed by atoms with E-state index in [2.05, 4.69) is 9.89 Å². The van der Waals surface area contributed by atoms with E-state index >= 15 is 0 Å². The Bertz CT molecular complexity index is 605. The third-order valence-electron chi connectivity index (χ3n) is 3.44. The number of carbonyl (C=O) groups excluding carboxylic acids is 2. The van der Waals surface area contributed by atoms with E-state index in [1.54, 1.807) is 4.90 Å². The van der Waals surface area contributed by atoms with E-state index in [9.17, 15) is 9.59 Å². The first-order valence-corrected chi connectivity index (χ1v) is 7.60. The first kappa shape index (κ1) is 13.9. The number of hydrogen-bond donors (Lipinski definition) is 0. The van der Waals surface area contributed by atoms with E-state index < -0.39 is 0 Å². The highest BCUT2D eigenvalue weighted by atomic mass is 32.2. The van der Waals surface area contributed by atoms with Gasteiger partial charge in [0.2, 0.25) is 6.41 Å². The summed E-state index contributed by atoms with van der Waals surface area (Å²) < 4.78 is 0. The summed E-state index contributed by atoms with van der Waals surface area (Å²) in [5.74, 6) is -0.184. The quantitative estimate of drug-likeness (QED) is 0.612. The van der Waals surface area contributed by atoms with Crippen LogP contribution in [-0.4, -0.2) is 53.5 Å². The van der Waals surface area contributed by atoms with E-state index in [1.807, 2.05) is 36.4 Å². The van der Waals surface area contributed by atoms with Gasteiger partial charge in [-0.3, -0.25) is 9.59 Å². The van der Waals surface area contributed by atoms with Gasteiger partial charge >= 0.3 is 0 Å². The van der Waals surface area contributed by atoms with Gasteiger partial charge in [0, 0.05) is 26.2 Å². The highest BCUT2D eigenvalue weighted by Crippen LogP contribution is 2.30. The van der Waals surface area contributed by atoms with E-state index in [0.717, 1.165) is 30.2 Å². The predicted molar refractivity (Wildman–Crippen MR) is 83.7 cm³/mol. The third kappa shape index (κ3) is 3.16. The molecule has 21 heavy (non-hydrogen) atoms. The van der Waals surface area contributed by atoms with Crippen LogP contribution in [0.5, 0.6) is 0 Å². The van der Waals surface area contributed by atoms with Crippen LogP contribution in [0.2, 0.25) is 0 Å². The van der Waals surface area contributed by atoms with Gasteiger partial charge in [-0.25, -0.2) is 0 Å².